The van der Waals surface area contributed by atoms with Gasteiger partial charge in [0.15, 0.2) is 6.10 Å². The van der Waals surface area contributed by atoms with Crippen LogP contribution in [0.5, 0.6) is 11.5 Å². The summed E-state index contributed by atoms with van der Waals surface area (Å²) < 4.78 is 10.7. The van der Waals surface area contributed by atoms with Crippen LogP contribution >= 0.6 is 11.8 Å². The molecule has 0 saturated heterocycles. The lowest BCUT2D eigenvalue weighted by Gasteiger charge is -2.16. The lowest BCUT2D eigenvalue weighted by atomic mass is 10.3. The molecule has 0 heterocycles. The third-order valence-corrected chi connectivity index (χ3v) is 3.90. The monoisotopic (exact) mass is 317 g/mol. The largest absolute Gasteiger partial charge is 0.497 e. The number of carbonyl (C=O) groups is 1. The molecule has 5 heteroatoms. The smallest absolute Gasteiger partial charge is 0.265 e. The fourth-order valence-corrected chi connectivity index (χ4v) is 2.45. The van der Waals surface area contributed by atoms with Crippen LogP contribution in [0.2, 0.25) is 0 Å². The molecule has 0 radical (unpaired) electrons. The van der Waals surface area contributed by atoms with Gasteiger partial charge in [0.25, 0.3) is 5.91 Å². The Morgan fingerprint density at radius 3 is 2.36 bits per heavy atom. The van der Waals surface area contributed by atoms with E-state index >= 15 is 0 Å². The van der Waals surface area contributed by atoms with E-state index < -0.39 is 6.10 Å². The van der Waals surface area contributed by atoms with E-state index in [1.165, 1.54) is 0 Å². The molecule has 0 aliphatic heterocycles. The first-order chi connectivity index (χ1) is 10.6. The first kappa shape index (κ1) is 16.2. The number of benzene rings is 2. The van der Waals surface area contributed by atoms with Gasteiger partial charge in [0, 0.05) is 4.90 Å². The van der Waals surface area contributed by atoms with Crippen molar-refractivity contribution >= 4 is 23.4 Å². The van der Waals surface area contributed by atoms with Crippen molar-refractivity contribution in [2.45, 2.75) is 17.9 Å². The SMILES string of the molecule is COc1ccc(OC(C)C(=O)Nc2ccccc2SC)cc1. The zero-order valence-electron chi connectivity index (χ0n) is 12.8. The summed E-state index contributed by atoms with van der Waals surface area (Å²) in [5.41, 5.74) is 0.796. The Morgan fingerprint density at radius 1 is 1.09 bits per heavy atom. The fraction of sp³-hybridized carbons (Fsp3) is 0.235. The van der Waals surface area contributed by atoms with E-state index in [0.717, 1.165) is 16.3 Å². The predicted octanol–water partition coefficient (Wildman–Crippen LogP) is 3.82. The molecule has 0 bridgehead atoms. The molecular formula is C17H19NO3S. The summed E-state index contributed by atoms with van der Waals surface area (Å²) in [6, 6.07) is 14.8. The summed E-state index contributed by atoms with van der Waals surface area (Å²) in [5, 5.41) is 2.89. The van der Waals surface area contributed by atoms with Crippen molar-refractivity contribution in [2.75, 3.05) is 18.7 Å². The van der Waals surface area contributed by atoms with Gasteiger partial charge in [0.1, 0.15) is 11.5 Å². The lowest BCUT2D eigenvalue weighted by Crippen LogP contribution is -2.30. The topological polar surface area (TPSA) is 47.6 Å². The van der Waals surface area contributed by atoms with Gasteiger partial charge in [-0.1, -0.05) is 12.1 Å². The molecule has 1 N–H and O–H groups in total. The van der Waals surface area contributed by atoms with Crippen LogP contribution in [-0.4, -0.2) is 25.4 Å². The zero-order valence-corrected chi connectivity index (χ0v) is 13.6. The van der Waals surface area contributed by atoms with Crippen LogP contribution in [0.4, 0.5) is 5.69 Å². The number of methoxy groups -OCH3 is 1. The molecule has 1 amide bonds. The summed E-state index contributed by atoms with van der Waals surface area (Å²) >= 11 is 1.59. The average molecular weight is 317 g/mol. The van der Waals surface area contributed by atoms with Crippen LogP contribution in [0.3, 0.4) is 0 Å². The van der Waals surface area contributed by atoms with Crippen molar-refractivity contribution in [3.8, 4) is 11.5 Å². The molecule has 0 aromatic heterocycles. The van der Waals surface area contributed by atoms with Gasteiger partial charge in [0.05, 0.1) is 12.8 Å². The van der Waals surface area contributed by atoms with Gasteiger partial charge in [-0.3, -0.25) is 4.79 Å². The highest BCUT2D eigenvalue weighted by molar-refractivity contribution is 7.98. The number of thioether (sulfide) groups is 1. The quantitative estimate of drug-likeness (QED) is 0.823. The minimum absolute atomic E-state index is 0.183. The normalized spacial score (nSPS) is 11.6. The standard InChI is InChI=1S/C17H19NO3S/c1-12(21-14-10-8-13(20-2)9-11-14)17(19)18-15-6-4-5-7-16(15)22-3/h4-12H,1-3H3,(H,18,19). The highest BCUT2D eigenvalue weighted by atomic mass is 32.2. The van der Waals surface area contributed by atoms with Gasteiger partial charge in [-0.15, -0.1) is 11.8 Å². The number of rotatable bonds is 6. The molecule has 2 rings (SSSR count). The number of para-hydroxylation sites is 1. The number of amides is 1. The summed E-state index contributed by atoms with van der Waals surface area (Å²) in [6.07, 6.45) is 1.38. The van der Waals surface area contributed by atoms with Gasteiger partial charge in [-0.25, -0.2) is 0 Å². The maximum absolute atomic E-state index is 12.2. The van der Waals surface area contributed by atoms with E-state index in [-0.39, 0.29) is 5.91 Å². The number of hydrogen-bond donors (Lipinski definition) is 1. The van der Waals surface area contributed by atoms with E-state index in [0.29, 0.717) is 5.75 Å². The molecule has 22 heavy (non-hydrogen) atoms. The molecule has 0 aliphatic carbocycles. The van der Waals surface area contributed by atoms with E-state index in [9.17, 15) is 4.79 Å². The predicted molar refractivity (Wildman–Crippen MR) is 89.9 cm³/mol. The summed E-state index contributed by atoms with van der Waals surface area (Å²) in [6.45, 7) is 1.72. The van der Waals surface area contributed by atoms with Gasteiger partial charge in [-0.2, -0.15) is 0 Å². The minimum atomic E-state index is -0.594. The molecule has 0 saturated carbocycles. The van der Waals surface area contributed by atoms with Crippen LogP contribution in [0.15, 0.2) is 53.4 Å². The van der Waals surface area contributed by atoms with Crippen LogP contribution in [0, 0.1) is 0 Å². The number of nitrogens with one attached hydrogen (secondary N) is 1. The number of ether oxygens (including phenoxy) is 2. The Labute approximate surface area is 134 Å². The van der Waals surface area contributed by atoms with Crippen molar-refractivity contribution in [2.24, 2.45) is 0 Å². The summed E-state index contributed by atoms with van der Waals surface area (Å²) in [7, 11) is 1.61. The van der Waals surface area contributed by atoms with Crippen molar-refractivity contribution in [3.05, 3.63) is 48.5 Å². The highest BCUT2D eigenvalue weighted by Gasteiger charge is 2.16. The van der Waals surface area contributed by atoms with Crippen LogP contribution < -0.4 is 14.8 Å². The Bertz CT molecular complexity index is 628. The summed E-state index contributed by atoms with van der Waals surface area (Å²) in [5.74, 6) is 1.19. The molecule has 116 valence electrons. The van der Waals surface area contributed by atoms with Crippen molar-refractivity contribution in [1.82, 2.24) is 0 Å². The Hall–Kier alpha value is -2.14. The average Bonchev–Trinajstić information content (AvgIpc) is 2.56. The highest BCUT2D eigenvalue weighted by Crippen LogP contribution is 2.25. The molecule has 2 aromatic carbocycles. The molecule has 1 atom stereocenters. The number of carbonyl (C=O) groups excluding carboxylic acids is 1. The molecule has 0 fully saturated rings. The molecule has 2 aromatic rings. The number of anilines is 1. The second-order valence-electron chi connectivity index (χ2n) is 4.63. The second kappa shape index (κ2) is 7.75. The maximum atomic E-state index is 12.2. The molecule has 0 aliphatic rings. The van der Waals surface area contributed by atoms with Gasteiger partial charge >= 0.3 is 0 Å². The van der Waals surface area contributed by atoms with Crippen molar-refractivity contribution in [1.29, 1.82) is 0 Å². The Kier molecular flexibility index (Phi) is 5.72. The second-order valence-corrected chi connectivity index (χ2v) is 5.47. The van der Waals surface area contributed by atoms with Gasteiger partial charge in [-0.05, 0) is 49.6 Å². The van der Waals surface area contributed by atoms with Crippen LogP contribution in [0.1, 0.15) is 6.92 Å². The fourth-order valence-electron chi connectivity index (χ4n) is 1.89. The maximum Gasteiger partial charge on any atom is 0.265 e. The van der Waals surface area contributed by atoms with Crippen LogP contribution in [-0.2, 0) is 4.79 Å². The van der Waals surface area contributed by atoms with Crippen molar-refractivity contribution in [3.63, 3.8) is 0 Å². The zero-order chi connectivity index (χ0) is 15.9. The number of hydrogen-bond acceptors (Lipinski definition) is 4. The third-order valence-electron chi connectivity index (χ3n) is 3.11. The van der Waals surface area contributed by atoms with Gasteiger partial charge < -0.3 is 14.8 Å². The van der Waals surface area contributed by atoms with E-state index in [4.69, 9.17) is 9.47 Å². The molecule has 0 spiro atoms. The van der Waals surface area contributed by atoms with E-state index in [2.05, 4.69) is 5.32 Å². The van der Waals surface area contributed by atoms with Crippen LogP contribution in [0.25, 0.3) is 0 Å². The first-order valence-electron chi connectivity index (χ1n) is 6.88. The van der Waals surface area contributed by atoms with Crippen molar-refractivity contribution < 1.29 is 14.3 Å². The van der Waals surface area contributed by atoms with E-state index in [1.54, 1.807) is 50.1 Å². The molecule has 1 unspecified atom stereocenters. The molecule has 4 nitrogen and oxygen atoms in total. The van der Waals surface area contributed by atoms with Gasteiger partial charge in [0.2, 0.25) is 0 Å². The first-order valence-corrected chi connectivity index (χ1v) is 8.11. The summed E-state index contributed by atoms with van der Waals surface area (Å²) in [4.78, 5) is 13.3. The lowest BCUT2D eigenvalue weighted by molar-refractivity contribution is -0.122. The Morgan fingerprint density at radius 2 is 1.73 bits per heavy atom. The Balaban J connectivity index is 1.99. The van der Waals surface area contributed by atoms with E-state index in [1.807, 2.05) is 30.5 Å². The molecular weight excluding hydrogens is 298 g/mol. The minimum Gasteiger partial charge on any atom is -0.497 e. The third kappa shape index (κ3) is 4.18.